The minimum atomic E-state index is -0.507. The number of thiophene rings is 1. The number of nitrogens with zero attached hydrogens (tertiary/aromatic N) is 2. The Morgan fingerprint density at radius 2 is 1.77 bits per heavy atom. The fourth-order valence-corrected chi connectivity index (χ4v) is 4.55. The van der Waals surface area contributed by atoms with Gasteiger partial charge < -0.3 is 4.74 Å². The Hall–Kier alpha value is -3.00. The SMILES string of the molecule is CCOC(=O)c1sc2c(c1C)c(=O)n(CCC(C)=O)c(=O)n2CCc1ccccc1. The number of aromatic nitrogens is 2. The van der Waals surface area contributed by atoms with E-state index < -0.39 is 17.2 Å². The van der Waals surface area contributed by atoms with Crippen LogP contribution in [0.2, 0.25) is 0 Å². The van der Waals surface area contributed by atoms with Gasteiger partial charge in [-0.25, -0.2) is 9.59 Å². The molecule has 0 unspecified atom stereocenters. The minimum Gasteiger partial charge on any atom is -0.462 e. The third-order valence-corrected chi connectivity index (χ3v) is 6.20. The molecule has 3 aromatic rings. The van der Waals surface area contributed by atoms with E-state index in [1.165, 1.54) is 11.5 Å². The van der Waals surface area contributed by atoms with E-state index in [0.717, 1.165) is 21.5 Å². The Morgan fingerprint density at radius 1 is 1.07 bits per heavy atom. The summed E-state index contributed by atoms with van der Waals surface area (Å²) in [6.45, 7) is 5.40. The van der Waals surface area contributed by atoms with E-state index >= 15 is 0 Å². The summed E-state index contributed by atoms with van der Waals surface area (Å²) in [6.07, 6.45) is 0.680. The average Bonchev–Trinajstić information content (AvgIpc) is 3.06. The first-order valence-corrected chi connectivity index (χ1v) is 10.6. The number of ketones is 1. The molecule has 0 aliphatic heterocycles. The second kappa shape index (κ2) is 9.21. The lowest BCUT2D eigenvalue weighted by atomic mass is 10.1. The van der Waals surface area contributed by atoms with Gasteiger partial charge in [0.1, 0.15) is 15.5 Å². The van der Waals surface area contributed by atoms with Crippen molar-refractivity contribution in [2.45, 2.75) is 46.7 Å². The van der Waals surface area contributed by atoms with Gasteiger partial charge in [0.05, 0.1) is 12.0 Å². The number of carbonyl (C=O) groups excluding carboxylic acids is 2. The Labute approximate surface area is 177 Å². The first kappa shape index (κ1) is 21.7. The molecule has 0 bridgehead atoms. The lowest BCUT2D eigenvalue weighted by Crippen LogP contribution is -2.40. The minimum absolute atomic E-state index is 0.0122. The summed E-state index contributed by atoms with van der Waals surface area (Å²) >= 11 is 1.10. The van der Waals surface area contributed by atoms with Crippen molar-refractivity contribution in [3.63, 3.8) is 0 Å². The van der Waals surface area contributed by atoms with Crippen LogP contribution < -0.4 is 11.2 Å². The molecule has 0 saturated carbocycles. The standard InChI is InChI=1S/C22H24N2O5S/c1-4-29-21(27)18-15(3)17-19(26)23(12-10-14(2)25)22(28)24(20(17)30-18)13-11-16-8-6-5-7-9-16/h5-9H,4,10-13H2,1-3H3. The van der Waals surface area contributed by atoms with Crippen LogP contribution in [-0.4, -0.2) is 27.5 Å². The maximum absolute atomic E-state index is 13.2. The van der Waals surface area contributed by atoms with Gasteiger partial charge in [0.15, 0.2) is 0 Å². The predicted octanol–water partition coefficient (Wildman–Crippen LogP) is 2.93. The summed E-state index contributed by atoms with van der Waals surface area (Å²) in [5, 5.41) is 0.333. The molecule has 158 valence electrons. The number of fused-ring (bicyclic) bond motifs is 1. The quantitative estimate of drug-likeness (QED) is 0.515. The van der Waals surface area contributed by atoms with Gasteiger partial charge in [-0.05, 0) is 38.3 Å². The second-order valence-corrected chi connectivity index (χ2v) is 8.03. The molecule has 7 nitrogen and oxygen atoms in total. The number of carbonyl (C=O) groups is 2. The first-order valence-electron chi connectivity index (χ1n) is 9.82. The van der Waals surface area contributed by atoms with Crippen LogP contribution in [0.1, 0.15) is 41.1 Å². The molecule has 0 amide bonds. The van der Waals surface area contributed by atoms with E-state index in [-0.39, 0.29) is 25.4 Å². The maximum Gasteiger partial charge on any atom is 0.348 e. The van der Waals surface area contributed by atoms with Crippen molar-refractivity contribution in [2.75, 3.05) is 6.61 Å². The number of hydrogen-bond acceptors (Lipinski definition) is 6. The Bertz CT molecular complexity index is 1200. The van der Waals surface area contributed by atoms with Crippen LogP contribution in [0.5, 0.6) is 0 Å². The summed E-state index contributed by atoms with van der Waals surface area (Å²) < 4.78 is 7.75. The molecular formula is C22H24N2O5S. The van der Waals surface area contributed by atoms with Gasteiger partial charge in [0.2, 0.25) is 0 Å². The zero-order chi connectivity index (χ0) is 21.8. The smallest absolute Gasteiger partial charge is 0.348 e. The number of benzene rings is 1. The molecule has 1 aromatic carbocycles. The molecule has 0 atom stereocenters. The van der Waals surface area contributed by atoms with Crippen molar-refractivity contribution in [3.05, 3.63) is 67.2 Å². The van der Waals surface area contributed by atoms with Crippen LogP contribution in [-0.2, 0) is 29.0 Å². The second-order valence-electron chi connectivity index (χ2n) is 7.04. The fraction of sp³-hybridized carbons (Fsp3) is 0.364. The van der Waals surface area contributed by atoms with Crippen LogP contribution in [0.15, 0.2) is 39.9 Å². The van der Waals surface area contributed by atoms with Crippen LogP contribution in [0, 0.1) is 6.92 Å². The largest absolute Gasteiger partial charge is 0.462 e. The fourth-order valence-electron chi connectivity index (χ4n) is 3.34. The van der Waals surface area contributed by atoms with Crippen molar-refractivity contribution in [1.29, 1.82) is 0 Å². The van der Waals surface area contributed by atoms with E-state index in [0.29, 0.717) is 33.6 Å². The number of hydrogen-bond donors (Lipinski definition) is 0. The number of ether oxygens (including phenoxy) is 1. The first-order chi connectivity index (χ1) is 14.3. The average molecular weight is 429 g/mol. The number of aryl methyl sites for hydroxylation is 3. The molecule has 0 radical (unpaired) electrons. The molecule has 0 aliphatic carbocycles. The van der Waals surface area contributed by atoms with E-state index in [1.807, 2.05) is 30.3 Å². The Balaban J connectivity index is 2.18. The van der Waals surface area contributed by atoms with E-state index in [1.54, 1.807) is 13.8 Å². The topological polar surface area (TPSA) is 87.4 Å². The molecule has 8 heteroatoms. The number of rotatable bonds is 8. The molecule has 0 N–H and O–H groups in total. The zero-order valence-electron chi connectivity index (χ0n) is 17.3. The lowest BCUT2D eigenvalue weighted by molar-refractivity contribution is -0.117. The highest BCUT2D eigenvalue weighted by Gasteiger charge is 2.23. The Morgan fingerprint density at radius 3 is 2.40 bits per heavy atom. The van der Waals surface area contributed by atoms with Crippen molar-refractivity contribution >= 4 is 33.3 Å². The molecule has 3 rings (SSSR count). The highest BCUT2D eigenvalue weighted by Crippen LogP contribution is 2.28. The maximum atomic E-state index is 13.2. The summed E-state index contributed by atoms with van der Waals surface area (Å²) in [5.41, 5.74) is 0.610. The lowest BCUT2D eigenvalue weighted by Gasteiger charge is -2.12. The van der Waals surface area contributed by atoms with Gasteiger partial charge in [-0.3, -0.25) is 18.7 Å². The summed E-state index contributed by atoms with van der Waals surface area (Å²) in [5.74, 6) is -0.612. The van der Waals surface area contributed by atoms with E-state index in [4.69, 9.17) is 4.74 Å². The van der Waals surface area contributed by atoms with Gasteiger partial charge in [-0.2, -0.15) is 0 Å². The van der Waals surface area contributed by atoms with Crippen molar-refractivity contribution in [2.24, 2.45) is 0 Å². The van der Waals surface area contributed by atoms with Crippen molar-refractivity contribution in [1.82, 2.24) is 9.13 Å². The number of esters is 1. The monoisotopic (exact) mass is 428 g/mol. The molecule has 0 fully saturated rings. The molecule has 0 saturated heterocycles. The van der Waals surface area contributed by atoms with Crippen molar-refractivity contribution in [3.8, 4) is 0 Å². The van der Waals surface area contributed by atoms with Gasteiger partial charge >= 0.3 is 11.7 Å². The van der Waals surface area contributed by atoms with Crippen LogP contribution in [0.25, 0.3) is 10.2 Å². The van der Waals surface area contributed by atoms with Gasteiger partial charge in [0.25, 0.3) is 5.56 Å². The molecule has 2 aromatic heterocycles. The van der Waals surface area contributed by atoms with Gasteiger partial charge in [-0.15, -0.1) is 11.3 Å². The van der Waals surface area contributed by atoms with Gasteiger partial charge in [0, 0.05) is 19.5 Å². The zero-order valence-corrected chi connectivity index (χ0v) is 18.1. The third kappa shape index (κ3) is 4.28. The third-order valence-electron chi connectivity index (χ3n) is 4.91. The molecule has 0 spiro atoms. The van der Waals surface area contributed by atoms with Gasteiger partial charge in [-0.1, -0.05) is 30.3 Å². The number of Topliss-reactive ketones (excluding diaryl/α,β-unsaturated/α-hetero) is 1. The normalized spacial score (nSPS) is 11.0. The van der Waals surface area contributed by atoms with E-state index in [2.05, 4.69) is 0 Å². The highest BCUT2D eigenvalue weighted by molar-refractivity contribution is 7.20. The van der Waals surface area contributed by atoms with Crippen LogP contribution >= 0.6 is 11.3 Å². The molecular weight excluding hydrogens is 404 g/mol. The van der Waals surface area contributed by atoms with Crippen molar-refractivity contribution < 1.29 is 14.3 Å². The van der Waals surface area contributed by atoms with E-state index in [9.17, 15) is 19.2 Å². The summed E-state index contributed by atoms with van der Waals surface area (Å²) in [6, 6.07) is 9.71. The molecule has 0 aliphatic rings. The summed E-state index contributed by atoms with van der Waals surface area (Å²) in [7, 11) is 0. The highest BCUT2D eigenvalue weighted by atomic mass is 32.1. The molecule has 30 heavy (non-hydrogen) atoms. The summed E-state index contributed by atoms with van der Waals surface area (Å²) in [4.78, 5) is 50.9. The predicted molar refractivity (Wildman–Crippen MR) is 116 cm³/mol. The Kier molecular flexibility index (Phi) is 6.66. The molecule has 2 heterocycles. The van der Waals surface area contributed by atoms with Crippen LogP contribution in [0.4, 0.5) is 0 Å². The van der Waals surface area contributed by atoms with Crippen LogP contribution in [0.3, 0.4) is 0 Å².